The fourth-order valence-electron chi connectivity index (χ4n) is 1.83. The van der Waals surface area contributed by atoms with E-state index in [2.05, 4.69) is 10.6 Å². The summed E-state index contributed by atoms with van der Waals surface area (Å²) in [5, 5.41) is 17.9. The molecule has 114 valence electrons. The summed E-state index contributed by atoms with van der Waals surface area (Å²) < 4.78 is 0. The van der Waals surface area contributed by atoms with E-state index in [1.807, 2.05) is 0 Å². The molecule has 22 heavy (non-hydrogen) atoms. The number of nitrogens with one attached hydrogen (secondary N) is 2. The molecule has 0 aromatic carbocycles. The van der Waals surface area contributed by atoms with E-state index in [-0.39, 0.29) is 18.0 Å². The van der Waals surface area contributed by atoms with Gasteiger partial charge in [0, 0.05) is 19.2 Å². The largest absolute Gasteiger partial charge is 0.355 e. The van der Waals surface area contributed by atoms with Crippen LogP contribution < -0.4 is 10.6 Å². The Balaban J connectivity index is 1.95. The Bertz CT molecular complexity index is 715. The highest BCUT2D eigenvalue weighted by molar-refractivity contribution is 7.14. The average molecular weight is 319 g/mol. The van der Waals surface area contributed by atoms with Gasteiger partial charge in [-0.1, -0.05) is 12.2 Å². The van der Waals surface area contributed by atoms with E-state index in [4.69, 9.17) is 0 Å². The summed E-state index contributed by atoms with van der Waals surface area (Å²) in [4.78, 5) is 33.6. The first kappa shape index (κ1) is 15.6. The van der Waals surface area contributed by atoms with Crippen LogP contribution in [0.25, 0.3) is 0 Å². The molecule has 8 heteroatoms. The van der Waals surface area contributed by atoms with Crippen molar-refractivity contribution in [3.05, 3.63) is 62.7 Å². The van der Waals surface area contributed by atoms with Crippen molar-refractivity contribution in [2.45, 2.75) is 6.42 Å². The molecule has 2 rings (SSSR count). The van der Waals surface area contributed by atoms with Crippen LogP contribution in [0, 0.1) is 10.1 Å². The summed E-state index contributed by atoms with van der Waals surface area (Å²) in [6.07, 6.45) is 6.02. The third-order valence-corrected chi connectivity index (χ3v) is 3.76. The lowest BCUT2D eigenvalue weighted by Crippen LogP contribution is -2.19. The molecule has 0 bridgehead atoms. The summed E-state index contributed by atoms with van der Waals surface area (Å²) in [5.74, 6) is -0.679. The molecule has 1 aromatic rings. The van der Waals surface area contributed by atoms with Crippen LogP contribution in [0.4, 0.5) is 5.00 Å². The normalized spacial score (nSPS) is 13.7. The summed E-state index contributed by atoms with van der Waals surface area (Å²) in [6.45, 7) is 0. The van der Waals surface area contributed by atoms with Crippen LogP contribution in [0.3, 0.4) is 0 Å². The lowest BCUT2D eigenvalue weighted by molar-refractivity contribution is -0.426. The number of thiophene rings is 1. The third-order valence-electron chi connectivity index (χ3n) is 2.93. The Hall–Kier alpha value is -2.74. The minimum atomic E-state index is -0.446. The van der Waals surface area contributed by atoms with Crippen molar-refractivity contribution in [2.75, 3.05) is 12.4 Å². The van der Waals surface area contributed by atoms with Gasteiger partial charge in [-0.15, -0.1) is 11.3 Å². The second-order valence-electron chi connectivity index (χ2n) is 4.40. The first-order valence-corrected chi connectivity index (χ1v) is 7.22. The molecule has 1 aromatic heterocycles. The van der Waals surface area contributed by atoms with Gasteiger partial charge in [0.05, 0.1) is 16.9 Å². The zero-order valence-electron chi connectivity index (χ0n) is 11.7. The molecule has 7 nitrogen and oxygen atoms in total. The Kier molecular flexibility index (Phi) is 4.84. The monoisotopic (exact) mass is 319 g/mol. The number of hydrogen-bond donors (Lipinski definition) is 2. The van der Waals surface area contributed by atoms with Crippen molar-refractivity contribution >= 4 is 28.2 Å². The van der Waals surface area contributed by atoms with E-state index >= 15 is 0 Å². The highest BCUT2D eigenvalue weighted by Crippen LogP contribution is 2.23. The van der Waals surface area contributed by atoms with Crippen LogP contribution >= 0.6 is 11.3 Å². The van der Waals surface area contributed by atoms with Crippen molar-refractivity contribution in [3.8, 4) is 0 Å². The Morgan fingerprint density at radius 2 is 2.18 bits per heavy atom. The fraction of sp³-hybridized carbons (Fsp3) is 0.143. The number of nitrogens with zero attached hydrogens (tertiary/aromatic N) is 1. The van der Waals surface area contributed by atoms with Crippen LogP contribution in [-0.2, 0) is 4.79 Å². The summed E-state index contributed by atoms with van der Waals surface area (Å²) >= 11 is 1.24. The number of rotatable bonds is 5. The van der Waals surface area contributed by atoms with E-state index in [1.165, 1.54) is 36.6 Å². The second kappa shape index (κ2) is 6.81. The fourth-order valence-corrected chi connectivity index (χ4v) is 2.61. The van der Waals surface area contributed by atoms with Crippen molar-refractivity contribution in [1.29, 1.82) is 0 Å². The molecule has 1 aliphatic carbocycles. The van der Waals surface area contributed by atoms with E-state index < -0.39 is 10.8 Å². The topological polar surface area (TPSA) is 101 Å². The quantitative estimate of drug-likeness (QED) is 0.493. The summed E-state index contributed by atoms with van der Waals surface area (Å²) in [5.41, 5.74) is 1.17. The molecule has 1 aliphatic rings. The Morgan fingerprint density at radius 3 is 2.82 bits per heavy atom. The zero-order chi connectivity index (χ0) is 16.1. The second-order valence-corrected chi connectivity index (χ2v) is 5.31. The number of carbonyl (C=O) groups excluding carboxylic acids is 2. The Morgan fingerprint density at radius 1 is 1.41 bits per heavy atom. The summed E-state index contributed by atoms with van der Waals surface area (Å²) in [7, 11) is 1.51. The van der Waals surface area contributed by atoms with Gasteiger partial charge in [-0.05, 0) is 17.0 Å². The van der Waals surface area contributed by atoms with E-state index in [0.717, 1.165) is 0 Å². The molecule has 0 spiro atoms. The first-order valence-electron chi connectivity index (χ1n) is 6.34. The van der Waals surface area contributed by atoms with Crippen molar-refractivity contribution < 1.29 is 14.5 Å². The molecule has 0 saturated heterocycles. The molecule has 0 radical (unpaired) electrons. The molecule has 0 fully saturated rings. The van der Waals surface area contributed by atoms with Crippen LogP contribution in [-0.4, -0.2) is 23.8 Å². The summed E-state index contributed by atoms with van der Waals surface area (Å²) in [6, 6.07) is 1.62. The van der Waals surface area contributed by atoms with E-state index in [0.29, 0.717) is 16.1 Å². The van der Waals surface area contributed by atoms with Gasteiger partial charge in [-0.2, -0.15) is 0 Å². The lowest BCUT2D eigenvalue weighted by atomic mass is 10.2. The van der Waals surface area contributed by atoms with Gasteiger partial charge in [-0.3, -0.25) is 19.7 Å². The maximum Gasteiger partial charge on any atom is 0.254 e. The van der Waals surface area contributed by atoms with Gasteiger partial charge in [0.2, 0.25) is 5.91 Å². The van der Waals surface area contributed by atoms with Gasteiger partial charge in [0.1, 0.15) is 5.00 Å². The van der Waals surface area contributed by atoms with Gasteiger partial charge in [0.15, 0.2) is 0 Å². The molecule has 1 heterocycles. The minimum absolute atomic E-state index is 0.0974. The van der Waals surface area contributed by atoms with Crippen molar-refractivity contribution in [3.63, 3.8) is 0 Å². The van der Waals surface area contributed by atoms with E-state index in [1.54, 1.807) is 17.5 Å². The van der Waals surface area contributed by atoms with Crippen molar-refractivity contribution in [2.24, 2.45) is 0 Å². The molecule has 2 N–H and O–H groups in total. The maximum atomic E-state index is 11.8. The molecule has 2 amide bonds. The smallest absolute Gasteiger partial charge is 0.254 e. The Labute approximate surface area is 130 Å². The highest BCUT2D eigenvalue weighted by atomic mass is 32.1. The molecule has 0 atom stereocenters. The standard InChI is InChI=1S/C14H13N3O4S/c1-15-13(19)11-6-7-22-14(11)16-12(18)5-3-9-2-4-10(8-9)17(20)21/h2-7H,8H2,1H3,(H,15,19)(H,16,18)/b5-3+. The van der Waals surface area contributed by atoms with Gasteiger partial charge < -0.3 is 10.6 Å². The average Bonchev–Trinajstić information content (AvgIpc) is 3.13. The number of nitro groups is 1. The molecule has 0 unspecified atom stereocenters. The lowest BCUT2D eigenvalue weighted by Gasteiger charge is -2.03. The SMILES string of the molecule is CNC(=O)c1ccsc1NC(=O)/C=C/C1=CC=C([N+](=O)[O-])C1. The highest BCUT2D eigenvalue weighted by Gasteiger charge is 2.16. The number of allylic oxidation sites excluding steroid dienone is 4. The van der Waals surface area contributed by atoms with Crippen LogP contribution in [0.2, 0.25) is 0 Å². The molecular weight excluding hydrogens is 306 g/mol. The predicted molar refractivity (Wildman–Crippen MR) is 83.3 cm³/mol. The van der Waals surface area contributed by atoms with Crippen LogP contribution in [0.5, 0.6) is 0 Å². The number of carbonyl (C=O) groups is 2. The van der Waals surface area contributed by atoms with Crippen molar-refractivity contribution in [1.82, 2.24) is 5.32 Å². The molecular formula is C14H13N3O4S. The third kappa shape index (κ3) is 3.67. The van der Waals surface area contributed by atoms with Gasteiger partial charge >= 0.3 is 0 Å². The maximum absolute atomic E-state index is 11.8. The zero-order valence-corrected chi connectivity index (χ0v) is 12.5. The van der Waals surface area contributed by atoms with Crippen LogP contribution in [0.1, 0.15) is 16.8 Å². The first-order chi connectivity index (χ1) is 10.5. The molecule has 0 aliphatic heterocycles. The van der Waals surface area contributed by atoms with Gasteiger partial charge in [-0.25, -0.2) is 0 Å². The number of amides is 2. The van der Waals surface area contributed by atoms with E-state index in [9.17, 15) is 19.7 Å². The van der Waals surface area contributed by atoms with Crippen LogP contribution in [0.15, 0.2) is 47.0 Å². The molecule has 0 saturated carbocycles. The number of hydrogen-bond acceptors (Lipinski definition) is 5. The van der Waals surface area contributed by atoms with Gasteiger partial charge in [0.25, 0.3) is 11.6 Å². The minimum Gasteiger partial charge on any atom is -0.355 e. The number of anilines is 1. The predicted octanol–water partition coefficient (Wildman–Crippen LogP) is 2.09.